The molecule has 0 amide bonds. The summed E-state index contributed by atoms with van der Waals surface area (Å²) in [4.78, 5) is 43.7. The maximum absolute atomic E-state index is 13.9. The summed E-state index contributed by atoms with van der Waals surface area (Å²) in [6.45, 7) is 4.02. The van der Waals surface area contributed by atoms with Crippen LogP contribution in [-0.4, -0.2) is 24.5 Å². The van der Waals surface area contributed by atoms with Crippen LogP contribution in [0.5, 0.6) is 0 Å². The number of Topliss-reactive ketones (excluding diaryl/α,β-unsaturated/α-hetero) is 1. The molecule has 0 aliphatic heterocycles. The fraction of sp³-hybridized carbons (Fsp3) is 0.250. The average Bonchev–Trinajstić information content (AvgIpc) is 3.17. The number of hydrogen-bond donors (Lipinski definition) is 0. The Morgan fingerprint density at radius 2 is 1.85 bits per heavy atom. The molecule has 4 rings (SSSR count). The second-order valence-electron chi connectivity index (χ2n) is 8.21. The largest absolute Gasteiger partial charge is 0.337 e. The summed E-state index contributed by atoms with van der Waals surface area (Å²) in [6, 6.07) is 12.0. The molecule has 9 heteroatoms. The molecule has 4 aromatic rings. The van der Waals surface area contributed by atoms with Gasteiger partial charge in [-0.2, -0.15) is 0 Å². The Bertz CT molecular complexity index is 1450. The molecule has 0 spiro atoms. The molecule has 0 atom stereocenters. The molecule has 0 saturated carbocycles. The van der Waals surface area contributed by atoms with Crippen LogP contribution in [0.2, 0.25) is 5.02 Å². The van der Waals surface area contributed by atoms with Gasteiger partial charge in [-0.25, -0.2) is 18.7 Å². The van der Waals surface area contributed by atoms with Gasteiger partial charge in [0.2, 0.25) is 0 Å². The van der Waals surface area contributed by atoms with Crippen LogP contribution in [0.1, 0.15) is 30.6 Å². The Morgan fingerprint density at radius 3 is 2.52 bits per heavy atom. The molecule has 0 bridgehead atoms. The SMILES string of the molecule is CC(C)CCn1c(=O)c2c(ncn2CC(=O)c2ccc(Cl)cc2)n(-c2cccc(F)c2)c1=O. The van der Waals surface area contributed by atoms with E-state index in [0.29, 0.717) is 17.0 Å². The summed E-state index contributed by atoms with van der Waals surface area (Å²) in [5, 5.41) is 0.506. The van der Waals surface area contributed by atoms with Crippen LogP contribution in [0.15, 0.2) is 64.4 Å². The van der Waals surface area contributed by atoms with E-state index in [-0.39, 0.29) is 41.6 Å². The van der Waals surface area contributed by atoms with Gasteiger partial charge in [0.25, 0.3) is 5.56 Å². The molecular formula is C24H22ClFN4O3. The molecule has 2 aromatic heterocycles. The lowest BCUT2D eigenvalue weighted by Crippen LogP contribution is -2.40. The Balaban J connectivity index is 1.90. The number of hydrogen-bond acceptors (Lipinski definition) is 4. The van der Waals surface area contributed by atoms with E-state index < -0.39 is 17.1 Å². The first-order valence-corrected chi connectivity index (χ1v) is 10.9. The summed E-state index contributed by atoms with van der Waals surface area (Å²) in [6.07, 6.45) is 1.95. The van der Waals surface area contributed by atoms with Gasteiger partial charge in [-0.15, -0.1) is 0 Å². The molecule has 2 heterocycles. The zero-order valence-electron chi connectivity index (χ0n) is 18.2. The van der Waals surface area contributed by atoms with Crippen molar-refractivity contribution in [2.45, 2.75) is 33.4 Å². The van der Waals surface area contributed by atoms with Gasteiger partial charge in [-0.05, 0) is 54.8 Å². The summed E-state index contributed by atoms with van der Waals surface area (Å²) >= 11 is 5.90. The number of rotatable bonds is 7. The van der Waals surface area contributed by atoms with Gasteiger partial charge in [0.15, 0.2) is 16.9 Å². The normalized spacial score (nSPS) is 11.4. The molecular weight excluding hydrogens is 447 g/mol. The fourth-order valence-electron chi connectivity index (χ4n) is 3.61. The predicted octanol–water partition coefficient (Wildman–Crippen LogP) is 4.07. The van der Waals surface area contributed by atoms with Gasteiger partial charge in [0, 0.05) is 17.1 Å². The summed E-state index contributed by atoms with van der Waals surface area (Å²) in [7, 11) is 0. The van der Waals surface area contributed by atoms with Crippen LogP contribution < -0.4 is 11.2 Å². The molecule has 0 unspecified atom stereocenters. The lowest BCUT2D eigenvalue weighted by atomic mass is 10.1. The van der Waals surface area contributed by atoms with Crippen LogP contribution in [0.3, 0.4) is 0 Å². The van der Waals surface area contributed by atoms with Gasteiger partial charge >= 0.3 is 5.69 Å². The van der Waals surface area contributed by atoms with E-state index in [1.165, 1.54) is 33.7 Å². The number of benzene rings is 2. The average molecular weight is 469 g/mol. The topological polar surface area (TPSA) is 78.9 Å². The van der Waals surface area contributed by atoms with Crippen molar-refractivity contribution in [1.29, 1.82) is 0 Å². The number of carbonyl (C=O) groups is 1. The second-order valence-corrected chi connectivity index (χ2v) is 8.65. The smallest absolute Gasteiger partial charge is 0.317 e. The minimum absolute atomic E-state index is 0.0697. The first kappa shape index (κ1) is 22.7. The van der Waals surface area contributed by atoms with E-state index in [9.17, 15) is 18.8 Å². The number of fused-ring (bicyclic) bond motifs is 1. The summed E-state index contributed by atoms with van der Waals surface area (Å²) < 4.78 is 17.7. The number of aromatic nitrogens is 4. The number of ketones is 1. The highest BCUT2D eigenvalue weighted by Crippen LogP contribution is 2.16. The summed E-state index contributed by atoms with van der Waals surface area (Å²) in [5.74, 6) is -0.515. The van der Waals surface area contributed by atoms with Crippen molar-refractivity contribution < 1.29 is 9.18 Å². The van der Waals surface area contributed by atoms with Crippen LogP contribution in [0, 0.1) is 11.7 Å². The van der Waals surface area contributed by atoms with Crippen LogP contribution in [0.25, 0.3) is 16.9 Å². The van der Waals surface area contributed by atoms with Gasteiger partial charge in [-0.1, -0.05) is 31.5 Å². The van der Waals surface area contributed by atoms with E-state index in [1.807, 2.05) is 13.8 Å². The maximum Gasteiger partial charge on any atom is 0.337 e. The Morgan fingerprint density at radius 1 is 1.12 bits per heavy atom. The lowest BCUT2D eigenvalue weighted by molar-refractivity contribution is 0.0973. The maximum atomic E-state index is 13.9. The molecule has 0 N–H and O–H groups in total. The third kappa shape index (κ3) is 4.52. The molecule has 0 aliphatic carbocycles. The Labute approximate surface area is 193 Å². The minimum atomic E-state index is -0.604. The highest BCUT2D eigenvalue weighted by Gasteiger charge is 2.21. The first-order valence-electron chi connectivity index (χ1n) is 10.5. The van der Waals surface area contributed by atoms with Gasteiger partial charge in [0.05, 0.1) is 18.6 Å². The van der Waals surface area contributed by atoms with Crippen molar-refractivity contribution in [3.05, 3.63) is 92.1 Å². The van der Waals surface area contributed by atoms with Gasteiger partial charge < -0.3 is 4.57 Å². The molecule has 0 radical (unpaired) electrons. The number of carbonyl (C=O) groups excluding carboxylic acids is 1. The van der Waals surface area contributed by atoms with Crippen molar-refractivity contribution in [3.8, 4) is 5.69 Å². The fourth-order valence-corrected chi connectivity index (χ4v) is 3.74. The second kappa shape index (κ2) is 9.15. The highest BCUT2D eigenvalue weighted by molar-refractivity contribution is 6.30. The summed E-state index contributed by atoms with van der Waals surface area (Å²) in [5.41, 5.74) is -0.291. The standard InChI is InChI=1S/C24H22ClFN4O3/c1-15(2)10-11-29-23(32)21-22(30(24(29)33)19-5-3-4-18(26)12-19)27-14-28(21)13-20(31)16-6-8-17(25)9-7-16/h3-9,12,14-15H,10-11,13H2,1-2H3. The lowest BCUT2D eigenvalue weighted by Gasteiger charge is -2.13. The van der Waals surface area contributed by atoms with Crippen LogP contribution in [0.4, 0.5) is 4.39 Å². The van der Waals surface area contributed by atoms with Crippen molar-refractivity contribution in [2.75, 3.05) is 0 Å². The molecule has 170 valence electrons. The zero-order chi connectivity index (χ0) is 23.7. The quantitative estimate of drug-likeness (QED) is 0.383. The van der Waals surface area contributed by atoms with Crippen molar-refractivity contribution >= 4 is 28.5 Å². The van der Waals surface area contributed by atoms with E-state index in [2.05, 4.69) is 4.98 Å². The van der Waals surface area contributed by atoms with Crippen LogP contribution >= 0.6 is 11.6 Å². The molecule has 0 aliphatic rings. The third-order valence-electron chi connectivity index (χ3n) is 5.38. The monoisotopic (exact) mass is 468 g/mol. The first-order chi connectivity index (χ1) is 15.8. The van der Waals surface area contributed by atoms with E-state index in [0.717, 1.165) is 4.57 Å². The van der Waals surface area contributed by atoms with E-state index in [4.69, 9.17) is 11.6 Å². The van der Waals surface area contributed by atoms with Crippen molar-refractivity contribution in [1.82, 2.24) is 18.7 Å². The van der Waals surface area contributed by atoms with E-state index >= 15 is 0 Å². The molecule has 33 heavy (non-hydrogen) atoms. The number of imidazole rings is 1. The Hall–Kier alpha value is -3.52. The van der Waals surface area contributed by atoms with Crippen molar-refractivity contribution in [3.63, 3.8) is 0 Å². The van der Waals surface area contributed by atoms with Crippen LogP contribution in [-0.2, 0) is 13.1 Å². The number of nitrogens with zero attached hydrogens (tertiary/aromatic N) is 4. The predicted molar refractivity (Wildman–Crippen MR) is 125 cm³/mol. The Kier molecular flexibility index (Phi) is 6.29. The third-order valence-corrected chi connectivity index (χ3v) is 5.63. The van der Waals surface area contributed by atoms with Gasteiger partial charge in [-0.3, -0.25) is 14.2 Å². The molecule has 2 aromatic carbocycles. The van der Waals surface area contributed by atoms with Crippen molar-refractivity contribution in [2.24, 2.45) is 5.92 Å². The van der Waals surface area contributed by atoms with E-state index in [1.54, 1.807) is 30.3 Å². The molecule has 0 saturated heterocycles. The molecule has 7 nitrogen and oxygen atoms in total. The van der Waals surface area contributed by atoms with Gasteiger partial charge in [0.1, 0.15) is 5.82 Å². The number of halogens is 2. The highest BCUT2D eigenvalue weighted by atomic mass is 35.5. The zero-order valence-corrected chi connectivity index (χ0v) is 18.9. The minimum Gasteiger partial charge on any atom is -0.317 e. The molecule has 0 fully saturated rings.